The third-order valence-corrected chi connectivity index (χ3v) is 4.30. The number of nitrogens with one attached hydrogen (secondary N) is 1. The molecule has 4 nitrogen and oxygen atoms in total. The molecule has 1 saturated heterocycles. The summed E-state index contributed by atoms with van der Waals surface area (Å²) in [7, 11) is 4.15. The Balaban J connectivity index is 1.82. The van der Waals surface area contributed by atoms with Gasteiger partial charge in [0.05, 0.1) is 17.5 Å². The first-order valence-electron chi connectivity index (χ1n) is 7.41. The molecule has 1 fully saturated rings. The number of likely N-dealkylation sites (N-methyl/N-ethyl adjacent to an activating group) is 1. The predicted molar refractivity (Wildman–Crippen MR) is 81.3 cm³/mol. The molecule has 2 heterocycles. The van der Waals surface area contributed by atoms with Crippen molar-refractivity contribution in [3.05, 3.63) is 41.6 Å². The number of hydrogen-bond acceptors (Lipinski definition) is 3. The van der Waals surface area contributed by atoms with E-state index in [1.165, 1.54) is 18.2 Å². The molecule has 0 saturated carbocycles. The van der Waals surface area contributed by atoms with Crippen molar-refractivity contribution in [1.29, 1.82) is 0 Å². The minimum Gasteiger partial charge on any atom is -0.305 e. The van der Waals surface area contributed by atoms with E-state index >= 15 is 0 Å². The number of aromatic amines is 1. The zero-order chi connectivity index (χ0) is 15.7. The van der Waals surface area contributed by atoms with Gasteiger partial charge in [0.1, 0.15) is 11.6 Å². The Kier molecular flexibility index (Phi) is 4.22. The first-order valence-corrected chi connectivity index (χ1v) is 7.41. The van der Waals surface area contributed by atoms with Crippen molar-refractivity contribution < 1.29 is 8.78 Å². The highest BCUT2D eigenvalue weighted by Crippen LogP contribution is 2.28. The first-order chi connectivity index (χ1) is 10.6. The van der Waals surface area contributed by atoms with E-state index in [9.17, 15) is 8.78 Å². The molecule has 22 heavy (non-hydrogen) atoms. The molecule has 0 bridgehead atoms. The van der Waals surface area contributed by atoms with Gasteiger partial charge in [-0.1, -0.05) is 6.07 Å². The predicted octanol–water partition coefficient (Wildman–Crippen LogP) is 2.49. The van der Waals surface area contributed by atoms with Crippen LogP contribution in [0.2, 0.25) is 0 Å². The lowest BCUT2D eigenvalue weighted by Crippen LogP contribution is -2.31. The van der Waals surface area contributed by atoms with Crippen LogP contribution in [0.15, 0.2) is 24.4 Å². The van der Waals surface area contributed by atoms with Crippen molar-refractivity contribution in [2.24, 2.45) is 0 Å². The molecular formula is C16H20F2N4. The summed E-state index contributed by atoms with van der Waals surface area (Å²) < 4.78 is 27.9. The Labute approximate surface area is 128 Å². The Hall–Kier alpha value is -1.79. The highest BCUT2D eigenvalue weighted by Gasteiger charge is 2.25. The lowest BCUT2D eigenvalue weighted by atomic mass is 10.1. The molecule has 0 spiro atoms. The van der Waals surface area contributed by atoms with Crippen LogP contribution in [-0.2, 0) is 6.54 Å². The normalized spacial score (nSPS) is 19.2. The van der Waals surface area contributed by atoms with Gasteiger partial charge < -0.3 is 4.90 Å². The molecule has 1 aromatic heterocycles. The van der Waals surface area contributed by atoms with E-state index in [0.717, 1.165) is 25.1 Å². The van der Waals surface area contributed by atoms with Crippen LogP contribution in [0.1, 0.15) is 12.0 Å². The molecule has 0 aliphatic carbocycles. The van der Waals surface area contributed by atoms with E-state index in [0.29, 0.717) is 18.3 Å². The highest BCUT2D eigenvalue weighted by molar-refractivity contribution is 5.64. The summed E-state index contributed by atoms with van der Waals surface area (Å²) in [6, 6.07) is 4.43. The fourth-order valence-corrected chi connectivity index (χ4v) is 3.00. The largest absolute Gasteiger partial charge is 0.305 e. The molecule has 6 heteroatoms. The molecule has 2 aromatic rings. The third-order valence-electron chi connectivity index (χ3n) is 4.30. The van der Waals surface area contributed by atoms with Crippen LogP contribution in [0, 0.1) is 11.6 Å². The molecule has 0 radical (unpaired) electrons. The zero-order valence-corrected chi connectivity index (χ0v) is 12.8. The van der Waals surface area contributed by atoms with Gasteiger partial charge in [-0.3, -0.25) is 10.00 Å². The summed E-state index contributed by atoms with van der Waals surface area (Å²) in [5.74, 6) is -1.14. The van der Waals surface area contributed by atoms with Gasteiger partial charge in [-0.25, -0.2) is 8.78 Å². The third kappa shape index (κ3) is 2.89. The molecule has 1 aromatic carbocycles. The van der Waals surface area contributed by atoms with Crippen LogP contribution in [0.25, 0.3) is 11.3 Å². The summed E-state index contributed by atoms with van der Waals surface area (Å²) in [6.45, 7) is 2.58. The number of halogens is 2. The van der Waals surface area contributed by atoms with E-state index < -0.39 is 11.6 Å². The summed E-state index contributed by atoms with van der Waals surface area (Å²) in [4.78, 5) is 4.50. The fourth-order valence-electron chi connectivity index (χ4n) is 3.00. The van der Waals surface area contributed by atoms with Gasteiger partial charge >= 0.3 is 0 Å². The second kappa shape index (κ2) is 6.14. The van der Waals surface area contributed by atoms with Crippen molar-refractivity contribution >= 4 is 0 Å². The molecule has 1 unspecified atom stereocenters. The maximum atomic E-state index is 14.0. The van der Waals surface area contributed by atoms with Gasteiger partial charge in [-0.2, -0.15) is 5.10 Å². The maximum absolute atomic E-state index is 14.0. The highest BCUT2D eigenvalue weighted by atomic mass is 19.1. The van der Waals surface area contributed by atoms with Gasteiger partial charge in [-0.15, -0.1) is 0 Å². The molecule has 0 amide bonds. The van der Waals surface area contributed by atoms with Crippen molar-refractivity contribution in [3.63, 3.8) is 0 Å². The summed E-state index contributed by atoms with van der Waals surface area (Å²) in [6.07, 6.45) is 2.76. The van der Waals surface area contributed by atoms with Crippen LogP contribution in [-0.4, -0.2) is 53.2 Å². The van der Waals surface area contributed by atoms with Crippen molar-refractivity contribution in [3.8, 4) is 11.3 Å². The monoisotopic (exact) mass is 306 g/mol. The second-order valence-corrected chi connectivity index (χ2v) is 6.01. The topological polar surface area (TPSA) is 35.2 Å². The Morgan fingerprint density at radius 3 is 2.68 bits per heavy atom. The molecule has 1 N–H and O–H groups in total. The molecule has 1 aliphatic rings. The number of likely N-dealkylation sites (tertiary alicyclic amines) is 1. The molecule has 118 valence electrons. The lowest BCUT2D eigenvalue weighted by Gasteiger charge is -2.20. The van der Waals surface area contributed by atoms with E-state index in [1.54, 1.807) is 6.20 Å². The standard InChI is InChI=1S/C16H20F2N4/c1-21(2)12-6-7-22(10-12)9-11-8-19-20-16(11)15-13(17)4-3-5-14(15)18/h3-5,8,12H,6-7,9-10H2,1-2H3,(H,19,20). The Bertz CT molecular complexity index is 633. The lowest BCUT2D eigenvalue weighted by molar-refractivity contribution is 0.265. The quantitative estimate of drug-likeness (QED) is 0.942. The van der Waals surface area contributed by atoms with Crippen LogP contribution >= 0.6 is 0 Å². The van der Waals surface area contributed by atoms with Crippen molar-refractivity contribution in [1.82, 2.24) is 20.0 Å². The summed E-state index contributed by atoms with van der Waals surface area (Å²) >= 11 is 0. The zero-order valence-electron chi connectivity index (χ0n) is 12.8. The van der Waals surface area contributed by atoms with Gasteiger partial charge in [0.25, 0.3) is 0 Å². The Morgan fingerprint density at radius 1 is 1.32 bits per heavy atom. The SMILES string of the molecule is CN(C)C1CCN(Cc2cn[nH]c2-c2c(F)cccc2F)C1. The Morgan fingerprint density at radius 2 is 2.05 bits per heavy atom. The minimum absolute atomic E-state index is 0.0293. The number of benzene rings is 1. The fraction of sp³-hybridized carbons (Fsp3) is 0.438. The number of nitrogens with zero attached hydrogens (tertiary/aromatic N) is 3. The second-order valence-electron chi connectivity index (χ2n) is 6.01. The number of rotatable bonds is 4. The van der Waals surface area contributed by atoms with Crippen molar-refractivity contribution in [2.75, 3.05) is 27.2 Å². The number of H-pyrrole nitrogens is 1. The van der Waals surface area contributed by atoms with Gasteiger partial charge in [0, 0.05) is 31.2 Å². The van der Waals surface area contributed by atoms with E-state index in [2.05, 4.69) is 34.1 Å². The number of hydrogen-bond donors (Lipinski definition) is 1. The first kappa shape index (κ1) is 15.1. The summed E-state index contributed by atoms with van der Waals surface area (Å²) in [5.41, 5.74) is 1.23. The van der Waals surface area contributed by atoms with Crippen molar-refractivity contribution in [2.45, 2.75) is 19.0 Å². The maximum Gasteiger partial charge on any atom is 0.135 e. The van der Waals surface area contributed by atoms with Gasteiger partial charge in [0.2, 0.25) is 0 Å². The van der Waals surface area contributed by atoms with Crippen LogP contribution in [0.4, 0.5) is 8.78 Å². The average Bonchev–Trinajstić information content (AvgIpc) is 3.09. The molecule has 3 rings (SSSR count). The summed E-state index contributed by atoms with van der Waals surface area (Å²) in [5, 5.41) is 6.73. The molecular weight excluding hydrogens is 286 g/mol. The van der Waals surface area contributed by atoms with Gasteiger partial charge in [-0.05, 0) is 32.6 Å². The smallest absolute Gasteiger partial charge is 0.135 e. The van der Waals surface area contributed by atoms with E-state index in [4.69, 9.17) is 0 Å². The van der Waals surface area contributed by atoms with Crippen LogP contribution in [0.5, 0.6) is 0 Å². The molecule has 1 aliphatic heterocycles. The van der Waals surface area contributed by atoms with E-state index in [1.807, 2.05) is 0 Å². The average molecular weight is 306 g/mol. The van der Waals surface area contributed by atoms with E-state index in [-0.39, 0.29) is 5.56 Å². The van der Waals surface area contributed by atoms with Crippen LogP contribution < -0.4 is 0 Å². The molecule has 1 atom stereocenters. The number of aromatic nitrogens is 2. The minimum atomic E-state index is -0.571. The van der Waals surface area contributed by atoms with Gasteiger partial charge in [0.15, 0.2) is 0 Å². The van der Waals surface area contributed by atoms with Crippen LogP contribution in [0.3, 0.4) is 0 Å².